The number of amides is 2. The molecule has 2 amide bonds. The smallest absolute Gasteiger partial charge is 0.258 e. The van der Waals surface area contributed by atoms with Crippen LogP contribution in [0.25, 0.3) is 10.6 Å². The molecule has 2 rings (SSSR count). The summed E-state index contributed by atoms with van der Waals surface area (Å²) in [4.78, 5) is 29.2. The summed E-state index contributed by atoms with van der Waals surface area (Å²) in [6.07, 6.45) is 0. The van der Waals surface area contributed by atoms with Crippen LogP contribution in [-0.4, -0.2) is 48.9 Å². The number of hydrogen-bond donors (Lipinski definition) is 1. The number of carbonyl (C=O) groups excluding carboxylic acids is 2. The van der Waals surface area contributed by atoms with Gasteiger partial charge >= 0.3 is 0 Å². The van der Waals surface area contributed by atoms with Gasteiger partial charge in [-0.2, -0.15) is 0 Å². The molecule has 0 saturated heterocycles. The number of benzene rings is 1. The Balaban J connectivity index is 1.88. The van der Waals surface area contributed by atoms with E-state index in [4.69, 9.17) is 4.74 Å². The van der Waals surface area contributed by atoms with E-state index in [0.717, 1.165) is 16.3 Å². The van der Waals surface area contributed by atoms with Gasteiger partial charge in [0.1, 0.15) is 10.8 Å². The Bertz CT molecular complexity index is 761. The highest BCUT2D eigenvalue weighted by Gasteiger charge is 2.18. The fraction of sp³-hybridized carbons (Fsp3) is 0.421. The predicted octanol–water partition coefficient (Wildman–Crippen LogP) is 2.69. The molecule has 0 aliphatic carbocycles. The second-order valence-corrected chi connectivity index (χ2v) is 8.02. The standard InChI is InChI=1S/C19H25N3O3S/c1-19(2,3)15-12-26-18(21-15)13-6-8-14(9-7-13)25-11-16(23)20-10-17(24)22(4)5/h6-9,12H,10-11H2,1-5H3,(H,20,23). The lowest BCUT2D eigenvalue weighted by atomic mass is 9.93. The van der Waals surface area contributed by atoms with Gasteiger partial charge in [-0.15, -0.1) is 11.3 Å². The van der Waals surface area contributed by atoms with Crippen molar-refractivity contribution in [2.45, 2.75) is 26.2 Å². The van der Waals surface area contributed by atoms with Crippen molar-refractivity contribution in [3.8, 4) is 16.3 Å². The number of carbonyl (C=O) groups is 2. The molecular weight excluding hydrogens is 350 g/mol. The van der Waals surface area contributed by atoms with E-state index in [1.807, 2.05) is 24.3 Å². The van der Waals surface area contributed by atoms with E-state index < -0.39 is 0 Å². The van der Waals surface area contributed by atoms with Gasteiger partial charge in [0.25, 0.3) is 5.91 Å². The third kappa shape index (κ3) is 5.56. The SMILES string of the molecule is CN(C)C(=O)CNC(=O)COc1ccc(-c2nc(C(C)(C)C)cs2)cc1. The Morgan fingerprint density at radius 3 is 2.38 bits per heavy atom. The van der Waals surface area contributed by atoms with Crippen molar-refractivity contribution in [1.29, 1.82) is 0 Å². The second kappa shape index (κ2) is 8.31. The maximum atomic E-state index is 11.7. The first kappa shape index (κ1) is 19.9. The molecule has 1 aromatic carbocycles. The fourth-order valence-electron chi connectivity index (χ4n) is 1.98. The first-order chi connectivity index (χ1) is 12.2. The molecule has 2 aromatic rings. The maximum absolute atomic E-state index is 11.7. The van der Waals surface area contributed by atoms with Crippen LogP contribution in [0.2, 0.25) is 0 Å². The lowest BCUT2D eigenvalue weighted by molar-refractivity contribution is -0.131. The average Bonchev–Trinajstić information content (AvgIpc) is 3.08. The monoisotopic (exact) mass is 375 g/mol. The van der Waals surface area contributed by atoms with Crippen LogP contribution in [0.4, 0.5) is 0 Å². The topological polar surface area (TPSA) is 71.5 Å². The molecule has 140 valence electrons. The van der Waals surface area contributed by atoms with Gasteiger partial charge in [0.15, 0.2) is 6.61 Å². The fourth-order valence-corrected chi connectivity index (χ4v) is 3.03. The van der Waals surface area contributed by atoms with E-state index >= 15 is 0 Å². The molecule has 1 N–H and O–H groups in total. The summed E-state index contributed by atoms with van der Waals surface area (Å²) in [5, 5.41) is 5.57. The lowest BCUT2D eigenvalue weighted by Crippen LogP contribution is -2.38. The van der Waals surface area contributed by atoms with Crippen LogP contribution in [0.5, 0.6) is 5.75 Å². The van der Waals surface area contributed by atoms with Crippen LogP contribution < -0.4 is 10.1 Å². The first-order valence-electron chi connectivity index (χ1n) is 8.33. The Kier molecular flexibility index (Phi) is 6.37. The lowest BCUT2D eigenvalue weighted by Gasteiger charge is -2.14. The summed E-state index contributed by atoms with van der Waals surface area (Å²) in [5.74, 6) is 0.0928. The van der Waals surface area contributed by atoms with Gasteiger partial charge in [-0.25, -0.2) is 4.98 Å². The number of ether oxygens (including phenoxy) is 1. The number of likely N-dealkylation sites (N-methyl/N-ethyl adjacent to an activating group) is 1. The normalized spacial score (nSPS) is 11.1. The molecule has 0 saturated carbocycles. The highest BCUT2D eigenvalue weighted by molar-refractivity contribution is 7.13. The largest absolute Gasteiger partial charge is 0.484 e. The van der Waals surface area contributed by atoms with Gasteiger partial charge in [0.05, 0.1) is 12.2 Å². The number of nitrogens with one attached hydrogen (secondary N) is 1. The summed E-state index contributed by atoms with van der Waals surface area (Å²) in [7, 11) is 3.28. The van der Waals surface area contributed by atoms with Gasteiger partial charge in [-0.05, 0) is 24.3 Å². The van der Waals surface area contributed by atoms with Gasteiger partial charge in [-0.3, -0.25) is 9.59 Å². The van der Waals surface area contributed by atoms with Gasteiger partial charge in [-0.1, -0.05) is 20.8 Å². The molecule has 1 aromatic heterocycles. The Labute approximate surface area is 158 Å². The predicted molar refractivity (Wildman–Crippen MR) is 103 cm³/mol. The van der Waals surface area contributed by atoms with Crippen LogP contribution in [-0.2, 0) is 15.0 Å². The number of aromatic nitrogens is 1. The van der Waals surface area contributed by atoms with E-state index in [1.54, 1.807) is 25.4 Å². The zero-order valence-electron chi connectivity index (χ0n) is 15.8. The number of hydrogen-bond acceptors (Lipinski definition) is 5. The summed E-state index contributed by atoms with van der Waals surface area (Å²) in [6.45, 7) is 6.25. The minimum Gasteiger partial charge on any atom is -0.484 e. The molecule has 6 nitrogen and oxygen atoms in total. The Morgan fingerprint density at radius 1 is 1.19 bits per heavy atom. The minimum atomic E-state index is -0.334. The van der Waals surface area contributed by atoms with Crippen LogP contribution >= 0.6 is 11.3 Å². The van der Waals surface area contributed by atoms with Crippen LogP contribution in [0, 0.1) is 0 Å². The number of thiazole rings is 1. The molecule has 7 heteroatoms. The molecular formula is C19H25N3O3S. The third-order valence-electron chi connectivity index (χ3n) is 3.68. The molecule has 0 aliphatic rings. The second-order valence-electron chi connectivity index (χ2n) is 7.17. The van der Waals surface area contributed by atoms with E-state index in [-0.39, 0.29) is 30.4 Å². The number of nitrogens with zero attached hydrogens (tertiary/aromatic N) is 2. The Morgan fingerprint density at radius 2 is 1.85 bits per heavy atom. The minimum absolute atomic E-state index is 0.0269. The van der Waals surface area contributed by atoms with Gasteiger partial charge < -0.3 is 15.0 Å². The Hall–Kier alpha value is -2.41. The van der Waals surface area contributed by atoms with Crippen molar-refractivity contribution in [2.24, 2.45) is 0 Å². The molecule has 0 bridgehead atoms. The van der Waals surface area contributed by atoms with Crippen molar-refractivity contribution < 1.29 is 14.3 Å². The molecule has 0 atom stereocenters. The third-order valence-corrected chi connectivity index (χ3v) is 4.57. The van der Waals surface area contributed by atoms with E-state index in [1.165, 1.54) is 4.90 Å². The highest BCUT2D eigenvalue weighted by Crippen LogP contribution is 2.30. The maximum Gasteiger partial charge on any atom is 0.258 e. The van der Waals surface area contributed by atoms with Crippen molar-refractivity contribution in [3.05, 3.63) is 35.3 Å². The summed E-state index contributed by atoms with van der Waals surface area (Å²) in [6, 6.07) is 7.47. The van der Waals surface area contributed by atoms with E-state index in [9.17, 15) is 9.59 Å². The van der Waals surface area contributed by atoms with Crippen molar-refractivity contribution in [1.82, 2.24) is 15.2 Å². The molecule has 0 radical (unpaired) electrons. The summed E-state index contributed by atoms with van der Waals surface area (Å²) in [5.41, 5.74) is 2.11. The first-order valence-corrected chi connectivity index (χ1v) is 9.21. The van der Waals surface area contributed by atoms with Gasteiger partial charge in [0.2, 0.25) is 5.91 Å². The molecule has 1 heterocycles. The number of rotatable bonds is 6. The van der Waals surface area contributed by atoms with Crippen LogP contribution in [0.3, 0.4) is 0 Å². The van der Waals surface area contributed by atoms with Crippen LogP contribution in [0.15, 0.2) is 29.6 Å². The zero-order chi connectivity index (χ0) is 19.3. The molecule has 0 unspecified atom stereocenters. The van der Waals surface area contributed by atoms with Crippen LogP contribution in [0.1, 0.15) is 26.5 Å². The van der Waals surface area contributed by atoms with E-state index in [0.29, 0.717) is 5.75 Å². The molecule has 0 fully saturated rings. The zero-order valence-corrected chi connectivity index (χ0v) is 16.6. The van der Waals surface area contributed by atoms with Gasteiger partial charge in [0, 0.05) is 30.5 Å². The summed E-state index contributed by atoms with van der Waals surface area (Å²) < 4.78 is 5.46. The van der Waals surface area contributed by atoms with Crippen molar-refractivity contribution >= 4 is 23.2 Å². The average molecular weight is 375 g/mol. The summed E-state index contributed by atoms with van der Waals surface area (Å²) >= 11 is 1.61. The van der Waals surface area contributed by atoms with Crippen molar-refractivity contribution in [2.75, 3.05) is 27.2 Å². The quantitative estimate of drug-likeness (QED) is 0.843. The molecule has 26 heavy (non-hydrogen) atoms. The van der Waals surface area contributed by atoms with E-state index in [2.05, 4.69) is 36.5 Å². The highest BCUT2D eigenvalue weighted by atomic mass is 32.1. The molecule has 0 spiro atoms. The van der Waals surface area contributed by atoms with Crippen molar-refractivity contribution in [3.63, 3.8) is 0 Å². The molecule has 0 aliphatic heterocycles.